The summed E-state index contributed by atoms with van der Waals surface area (Å²) >= 11 is 1.69. The zero-order chi connectivity index (χ0) is 12.7. The second-order valence-electron chi connectivity index (χ2n) is 3.95. The maximum atomic E-state index is 4.54. The van der Waals surface area contributed by atoms with Crippen LogP contribution in [-0.2, 0) is 6.54 Å². The number of halogens is 1. The molecule has 0 aromatic carbocycles. The molecule has 0 aliphatic rings. The molecular formula is C12H23IN4S. The molecule has 1 N–H and O–H groups in total. The molecule has 4 nitrogen and oxygen atoms in total. The van der Waals surface area contributed by atoms with E-state index < -0.39 is 0 Å². The van der Waals surface area contributed by atoms with E-state index in [4.69, 9.17) is 0 Å². The van der Waals surface area contributed by atoms with Gasteiger partial charge in [-0.25, -0.2) is 4.98 Å². The van der Waals surface area contributed by atoms with Crippen molar-refractivity contribution in [3.8, 4) is 0 Å². The molecule has 104 valence electrons. The van der Waals surface area contributed by atoms with Crippen LogP contribution in [0.15, 0.2) is 10.4 Å². The first-order chi connectivity index (χ1) is 8.17. The zero-order valence-electron chi connectivity index (χ0n) is 11.6. The van der Waals surface area contributed by atoms with Crippen LogP contribution < -0.4 is 5.32 Å². The second kappa shape index (κ2) is 9.55. The van der Waals surface area contributed by atoms with Crippen LogP contribution in [0.25, 0.3) is 0 Å². The zero-order valence-corrected chi connectivity index (χ0v) is 14.7. The molecule has 1 rings (SSSR count). The van der Waals surface area contributed by atoms with Crippen LogP contribution in [0.3, 0.4) is 0 Å². The quantitative estimate of drug-likeness (QED) is 0.484. The Labute approximate surface area is 131 Å². The summed E-state index contributed by atoms with van der Waals surface area (Å²) in [4.78, 5) is 11.1. The predicted molar refractivity (Wildman–Crippen MR) is 90.0 cm³/mol. The fourth-order valence-electron chi connectivity index (χ4n) is 1.49. The highest BCUT2D eigenvalue weighted by atomic mass is 127. The summed E-state index contributed by atoms with van der Waals surface area (Å²) in [5.74, 6) is 0.958. The number of aryl methyl sites for hydroxylation is 1. The topological polar surface area (TPSA) is 40.5 Å². The van der Waals surface area contributed by atoms with E-state index in [2.05, 4.69) is 39.4 Å². The van der Waals surface area contributed by atoms with Gasteiger partial charge in [-0.3, -0.25) is 4.99 Å². The van der Waals surface area contributed by atoms with E-state index in [1.807, 2.05) is 14.0 Å². The van der Waals surface area contributed by atoms with Crippen molar-refractivity contribution < 1.29 is 0 Å². The number of aromatic nitrogens is 1. The molecule has 0 unspecified atom stereocenters. The Balaban J connectivity index is 0.00000289. The maximum Gasteiger partial charge on any atom is 0.194 e. The molecule has 0 amide bonds. The van der Waals surface area contributed by atoms with Crippen LogP contribution in [0.1, 0.15) is 31.0 Å². The van der Waals surface area contributed by atoms with Crippen LogP contribution in [-0.4, -0.2) is 36.0 Å². The highest BCUT2D eigenvalue weighted by Crippen LogP contribution is 2.09. The van der Waals surface area contributed by atoms with E-state index in [0.29, 0.717) is 0 Å². The fourth-order valence-corrected chi connectivity index (χ4v) is 2.09. The highest BCUT2D eigenvalue weighted by molar-refractivity contribution is 14.0. The third kappa shape index (κ3) is 5.99. The molecule has 0 saturated heterocycles. The normalized spacial score (nSPS) is 11.0. The molecule has 0 aliphatic heterocycles. The van der Waals surface area contributed by atoms with Crippen LogP contribution in [0.4, 0.5) is 0 Å². The van der Waals surface area contributed by atoms with Gasteiger partial charge in [0.05, 0.1) is 17.2 Å². The first-order valence-corrected chi connectivity index (χ1v) is 6.95. The molecule has 18 heavy (non-hydrogen) atoms. The van der Waals surface area contributed by atoms with Gasteiger partial charge in [-0.2, -0.15) is 0 Å². The summed E-state index contributed by atoms with van der Waals surface area (Å²) in [6, 6.07) is 0. The molecule has 0 saturated carbocycles. The van der Waals surface area contributed by atoms with Gasteiger partial charge in [-0.1, -0.05) is 6.92 Å². The van der Waals surface area contributed by atoms with Crippen LogP contribution in [0, 0.1) is 6.92 Å². The van der Waals surface area contributed by atoms with E-state index in [1.54, 1.807) is 11.3 Å². The molecule has 0 spiro atoms. The van der Waals surface area contributed by atoms with Crippen molar-refractivity contribution >= 4 is 41.3 Å². The van der Waals surface area contributed by atoms with Gasteiger partial charge in [-0.05, 0) is 20.3 Å². The molecule has 1 aromatic heterocycles. The monoisotopic (exact) mass is 382 g/mol. The molecule has 0 atom stereocenters. The fraction of sp³-hybridized carbons (Fsp3) is 0.667. The van der Waals surface area contributed by atoms with Crippen LogP contribution in [0.2, 0.25) is 0 Å². The van der Waals surface area contributed by atoms with Crippen molar-refractivity contribution in [2.75, 3.05) is 20.1 Å². The lowest BCUT2D eigenvalue weighted by Gasteiger charge is -2.21. The molecular weight excluding hydrogens is 359 g/mol. The van der Waals surface area contributed by atoms with Crippen molar-refractivity contribution in [3.63, 3.8) is 0 Å². The van der Waals surface area contributed by atoms with Crippen LogP contribution >= 0.6 is 35.3 Å². The number of nitrogens with zero attached hydrogens (tertiary/aromatic N) is 3. The van der Waals surface area contributed by atoms with E-state index in [9.17, 15) is 0 Å². The Morgan fingerprint density at radius 2 is 2.22 bits per heavy atom. The lowest BCUT2D eigenvalue weighted by Crippen LogP contribution is -2.38. The van der Waals surface area contributed by atoms with Crippen molar-refractivity contribution in [2.45, 2.75) is 33.7 Å². The molecule has 0 fully saturated rings. The second-order valence-corrected chi connectivity index (χ2v) is 5.01. The standard InChI is InChI=1S/C12H22N4S.HI/c1-5-7-14-12(13-6-2)16(4)8-11-9-17-10(3)15-11;/h9H,5-8H2,1-4H3,(H,13,14);1H. The van der Waals surface area contributed by atoms with Crippen LogP contribution in [0.5, 0.6) is 0 Å². The summed E-state index contributed by atoms with van der Waals surface area (Å²) in [5.41, 5.74) is 1.11. The van der Waals surface area contributed by atoms with Gasteiger partial charge in [0.15, 0.2) is 5.96 Å². The lowest BCUT2D eigenvalue weighted by atomic mass is 10.4. The molecule has 6 heteroatoms. The number of hydrogen-bond donors (Lipinski definition) is 1. The average molecular weight is 382 g/mol. The lowest BCUT2D eigenvalue weighted by molar-refractivity contribution is 0.471. The Morgan fingerprint density at radius 3 is 2.72 bits per heavy atom. The van der Waals surface area contributed by atoms with E-state index >= 15 is 0 Å². The van der Waals surface area contributed by atoms with E-state index in [-0.39, 0.29) is 24.0 Å². The first kappa shape index (κ1) is 17.6. The van der Waals surface area contributed by atoms with E-state index in [0.717, 1.165) is 42.7 Å². The smallest absolute Gasteiger partial charge is 0.194 e. The summed E-state index contributed by atoms with van der Waals surface area (Å²) in [7, 11) is 2.05. The number of guanidine groups is 1. The largest absolute Gasteiger partial charge is 0.357 e. The Hall–Kier alpha value is -0.370. The Bertz CT molecular complexity index is 365. The highest BCUT2D eigenvalue weighted by Gasteiger charge is 2.07. The number of thiazole rings is 1. The van der Waals surface area contributed by atoms with Crippen molar-refractivity contribution in [1.29, 1.82) is 0 Å². The number of nitrogens with one attached hydrogen (secondary N) is 1. The summed E-state index contributed by atoms with van der Waals surface area (Å²) in [5, 5.41) is 6.52. The SMILES string of the molecule is CCCN=C(NCC)N(C)Cc1csc(C)n1.I. The van der Waals surface area contributed by atoms with Gasteiger partial charge >= 0.3 is 0 Å². The van der Waals surface area contributed by atoms with Crippen molar-refractivity contribution in [3.05, 3.63) is 16.1 Å². The van der Waals surface area contributed by atoms with Gasteiger partial charge in [0.1, 0.15) is 0 Å². The van der Waals surface area contributed by atoms with Crippen molar-refractivity contribution in [2.24, 2.45) is 4.99 Å². The van der Waals surface area contributed by atoms with Gasteiger partial charge < -0.3 is 10.2 Å². The summed E-state index contributed by atoms with van der Waals surface area (Å²) in [6.07, 6.45) is 1.07. The van der Waals surface area contributed by atoms with Crippen molar-refractivity contribution in [1.82, 2.24) is 15.2 Å². The van der Waals surface area contributed by atoms with E-state index in [1.165, 1.54) is 0 Å². The number of hydrogen-bond acceptors (Lipinski definition) is 3. The summed E-state index contributed by atoms with van der Waals surface area (Å²) in [6.45, 7) is 8.81. The minimum atomic E-state index is 0. The van der Waals surface area contributed by atoms with Gasteiger partial charge in [0, 0.05) is 25.5 Å². The molecule has 0 bridgehead atoms. The Kier molecular flexibility index (Phi) is 9.35. The van der Waals surface area contributed by atoms with Gasteiger partial charge in [-0.15, -0.1) is 35.3 Å². The molecule has 1 aromatic rings. The van der Waals surface area contributed by atoms with Gasteiger partial charge in [0.25, 0.3) is 0 Å². The predicted octanol–water partition coefficient (Wildman–Crippen LogP) is 2.88. The third-order valence-corrected chi connectivity index (χ3v) is 3.07. The minimum Gasteiger partial charge on any atom is -0.357 e. The third-order valence-electron chi connectivity index (χ3n) is 2.25. The molecule has 0 aliphatic carbocycles. The Morgan fingerprint density at radius 1 is 1.50 bits per heavy atom. The molecule has 0 radical (unpaired) electrons. The maximum absolute atomic E-state index is 4.54. The minimum absolute atomic E-state index is 0. The number of aliphatic imine (C=N–C) groups is 1. The summed E-state index contributed by atoms with van der Waals surface area (Å²) < 4.78 is 0. The number of rotatable bonds is 5. The first-order valence-electron chi connectivity index (χ1n) is 6.07. The average Bonchev–Trinajstić information content (AvgIpc) is 2.70. The van der Waals surface area contributed by atoms with Gasteiger partial charge in [0.2, 0.25) is 0 Å². The molecule has 1 heterocycles.